The van der Waals surface area contributed by atoms with Gasteiger partial charge in [-0.15, -0.1) is 0 Å². The van der Waals surface area contributed by atoms with Crippen LogP contribution in [-0.2, 0) is 32.5 Å². The van der Waals surface area contributed by atoms with Crippen molar-refractivity contribution < 1.29 is 42.9 Å². The normalized spacial score (nSPS) is 12.5. The van der Waals surface area contributed by atoms with Crippen molar-refractivity contribution in [3.63, 3.8) is 0 Å². The zero-order valence-electron chi connectivity index (χ0n) is 36.6. The summed E-state index contributed by atoms with van der Waals surface area (Å²) in [5, 5.41) is 0. The molecule has 0 spiro atoms. The maximum atomic E-state index is 10.7. The first-order valence-electron chi connectivity index (χ1n) is 18.0. The molecule has 0 fully saturated rings. The first kappa shape index (κ1) is 58.0. The minimum Gasteiger partial charge on any atom is -0.810 e. The molecule has 0 aromatic heterocycles. The molecule has 0 unspecified atom stereocenters. The van der Waals surface area contributed by atoms with Gasteiger partial charge in [-0.2, -0.15) is 0 Å². The second kappa shape index (κ2) is 22.6. The van der Waals surface area contributed by atoms with Crippen LogP contribution >= 0.6 is 25.8 Å². The van der Waals surface area contributed by atoms with Crippen LogP contribution in [0.3, 0.4) is 0 Å². The van der Waals surface area contributed by atoms with E-state index < -0.39 is 25.8 Å². The van der Waals surface area contributed by atoms with E-state index in [4.69, 9.17) is 13.6 Å². The summed E-state index contributed by atoms with van der Waals surface area (Å²) in [7, 11) is -8.63. The van der Waals surface area contributed by atoms with Crippen LogP contribution in [0.25, 0.3) is 0 Å². The monoisotopic (exact) mass is 1220 g/mol. The molecular weight excluding hydrogens is 1160 g/mol. The summed E-state index contributed by atoms with van der Waals surface area (Å²) < 4.78 is 14.7. The molecule has 3 rings (SSSR count). The molecule has 0 bridgehead atoms. The van der Waals surface area contributed by atoms with E-state index in [9.17, 15) is 29.4 Å². The van der Waals surface area contributed by atoms with Crippen molar-refractivity contribution in [1.29, 1.82) is 0 Å². The average Bonchev–Trinajstić information content (AvgIpc) is 2.94. The standard InChI is InChI=1S/3C14H21O3P.2Bi/c3*1-13(2,3)10-7-8-12(17-18(15)16)11(9-10)14(4,5)6;;/h3*7-9H,1-6H3;;/q3*-2;2*+3. The van der Waals surface area contributed by atoms with Gasteiger partial charge in [0, 0.05) is 0 Å². The molecule has 3 aromatic carbocycles. The quantitative estimate of drug-likeness (QED) is 0.186. The molecule has 9 nitrogen and oxygen atoms in total. The molecule has 0 amide bonds. The van der Waals surface area contributed by atoms with Gasteiger partial charge in [0.2, 0.25) is 0 Å². The van der Waals surface area contributed by atoms with E-state index in [1.54, 1.807) is 18.2 Å². The number of hydrogen-bond donors (Lipinski definition) is 0. The Labute approximate surface area is 380 Å². The van der Waals surface area contributed by atoms with Gasteiger partial charge in [-0.25, -0.2) is 0 Å². The van der Waals surface area contributed by atoms with Crippen molar-refractivity contribution in [2.75, 3.05) is 0 Å². The van der Waals surface area contributed by atoms with Crippen LogP contribution in [0.2, 0.25) is 0 Å². The predicted octanol–water partition coefficient (Wildman–Crippen LogP) is 7.06. The van der Waals surface area contributed by atoms with Crippen LogP contribution in [0.4, 0.5) is 0 Å². The Morgan fingerprint density at radius 3 is 0.625 bits per heavy atom. The number of hydrogen-bond acceptors (Lipinski definition) is 9. The number of benzene rings is 3. The molecular formula is C42H63Bi2O9P3. The van der Waals surface area contributed by atoms with Crippen molar-refractivity contribution in [1.82, 2.24) is 0 Å². The van der Waals surface area contributed by atoms with Gasteiger partial charge < -0.3 is 42.9 Å². The van der Waals surface area contributed by atoms with Crippen LogP contribution in [0.1, 0.15) is 158 Å². The van der Waals surface area contributed by atoms with Crippen LogP contribution in [-0.4, -0.2) is 52.4 Å². The van der Waals surface area contributed by atoms with E-state index >= 15 is 0 Å². The van der Waals surface area contributed by atoms with Gasteiger partial charge in [0.05, 0.1) is 0 Å². The summed E-state index contributed by atoms with van der Waals surface area (Å²) in [6, 6.07) is 17.1. The smallest absolute Gasteiger partial charge is 0.810 e. The van der Waals surface area contributed by atoms with Gasteiger partial charge in [0.1, 0.15) is 17.2 Å². The Bertz CT molecular complexity index is 1450. The molecule has 56 heavy (non-hydrogen) atoms. The van der Waals surface area contributed by atoms with Crippen molar-refractivity contribution >= 4 is 78.2 Å². The Hall–Kier alpha value is -0.124. The first-order chi connectivity index (χ1) is 24.0. The number of rotatable bonds is 6. The summed E-state index contributed by atoms with van der Waals surface area (Å²) >= 11 is 0. The molecule has 0 aliphatic heterocycles. The summed E-state index contributed by atoms with van der Waals surface area (Å²) in [4.78, 5) is 64.5. The Morgan fingerprint density at radius 1 is 0.321 bits per heavy atom. The molecule has 14 heteroatoms. The van der Waals surface area contributed by atoms with E-state index in [2.05, 4.69) is 62.3 Å². The fraction of sp³-hybridized carbons (Fsp3) is 0.571. The van der Waals surface area contributed by atoms with E-state index in [-0.39, 0.29) is 84.9 Å². The maximum Gasteiger partial charge on any atom is 3.00 e. The molecule has 0 atom stereocenters. The van der Waals surface area contributed by atoms with Crippen LogP contribution in [0.5, 0.6) is 17.2 Å². The van der Waals surface area contributed by atoms with Gasteiger partial charge in [0.15, 0.2) is 0 Å². The van der Waals surface area contributed by atoms with E-state index in [0.29, 0.717) is 17.2 Å². The first-order valence-corrected chi connectivity index (χ1v) is 21.3. The van der Waals surface area contributed by atoms with Crippen molar-refractivity contribution in [3.05, 3.63) is 88.0 Å². The summed E-state index contributed by atoms with van der Waals surface area (Å²) in [5.74, 6) is 1.27. The second-order valence-corrected chi connectivity index (χ2v) is 21.5. The van der Waals surface area contributed by atoms with Gasteiger partial charge >= 0.3 is 52.4 Å². The topological polar surface area (TPSA) is 166 Å². The molecule has 310 valence electrons. The minimum absolute atomic E-state index is 0. The summed E-state index contributed by atoms with van der Waals surface area (Å²) in [5.41, 5.74) is 5.82. The fourth-order valence-electron chi connectivity index (χ4n) is 5.23. The third kappa shape index (κ3) is 20.0. The molecule has 0 saturated heterocycles. The third-order valence-electron chi connectivity index (χ3n) is 8.48. The average molecular weight is 1220 g/mol. The fourth-order valence-corrected chi connectivity index (χ4v) is 6.19. The second-order valence-electron chi connectivity index (χ2n) is 19.6. The zero-order chi connectivity index (χ0) is 42.4. The van der Waals surface area contributed by atoms with Crippen molar-refractivity contribution in [3.8, 4) is 17.2 Å². The molecule has 3 aromatic rings. The van der Waals surface area contributed by atoms with Gasteiger partial charge in [-0.1, -0.05) is 187 Å². The van der Waals surface area contributed by atoms with E-state index in [0.717, 1.165) is 16.7 Å². The van der Waals surface area contributed by atoms with Gasteiger partial charge in [-0.3, -0.25) is 0 Å². The van der Waals surface area contributed by atoms with Crippen LogP contribution < -0.4 is 42.9 Å². The zero-order valence-corrected chi connectivity index (χ0v) is 46.2. The molecule has 0 aliphatic carbocycles. The Kier molecular flexibility index (Phi) is 23.4. The Balaban J connectivity index is 0. The van der Waals surface area contributed by atoms with Gasteiger partial charge in [0.25, 0.3) is 0 Å². The Morgan fingerprint density at radius 2 is 0.500 bits per heavy atom. The summed E-state index contributed by atoms with van der Waals surface area (Å²) in [6.07, 6.45) is 0. The third-order valence-corrected chi connectivity index (χ3v) is 9.52. The largest absolute Gasteiger partial charge is 3.00 e. The van der Waals surface area contributed by atoms with E-state index in [1.165, 1.54) is 16.7 Å². The van der Waals surface area contributed by atoms with Crippen LogP contribution in [0, 0.1) is 0 Å². The molecule has 0 aliphatic rings. The maximum absolute atomic E-state index is 10.7. The minimum atomic E-state index is -2.88. The van der Waals surface area contributed by atoms with E-state index in [1.807, 2.05) is 98.7 Å². The SMILES string of the molecule is CC(C)(C)c1ccc(OP([O-])[O-])c(C(C)(C)C)c1.CC(C)(C)c1ccc(OP([O-])[O-])c(C(C)(C)C)c1.CC(C)(C)c1ccc(OP([O-])[O-])c(C(C)(C)C)c1.[Bi+3].[Bi+3]. The molecule has 4 radical (unpaired) electrons. The molecule has 0 saturated carbocycles. The van der Waals surface area contributed by atoms with Gasteiger partial charge in [-0.05, 0) is 84.1 Å². The predicted molar refractivity (Wildman–Crippen MR) is 226 cm³/mol. The van der Waals surface area contributed by atoms with Crippen LogP contribution in [0.15, 0.2) is 54.6 Å². The molecule has 0 N–H and O–H groups in total. The van der Waals surface area contributed by atoms with Crippen molar-refractivity contribution in [2.24, 2.45) is 0 Å². The molecule has 0 heterocycles. The van der Waals surface area contributed by atoms with Crippen molar-refractivity contribution in [2.45, 2.75) is 157 Å². The summed E-state index contributed by atoms with van der Waals surface area (Å²) in [6.45, 7) is 37.5.